The number of amides is 1. The second-order valence-electron chi connectivity index (χ2n) is 4.70. The van der Waals surface area contributed by atoms with Crippen molar-refractivity contribution < 1.29 is 13.6 Å². The summed E-state index contributed by atoms with van der Waals surface area (Å²) in [5.41, 5.74) is 3.55. The van der Waals surface area contributed by atoms with E-state index in [1.807, 2.05) is 0 Å². The van der Waals surface area contributed by atoms with Gasteiger partial charge in [0.15, 0.2) is 5.82 Å². The SMILES string of the molecule is Cc1ccc(NN)c(C(=O)Nc2c(F)ccc(C)c2F)c1. The molecule has 2 rings (SSSR count). The highest BCUT2D eigenvalue weighted by atomic mass is 19.1. The smallest absolute Gasteiger partial charge is 0.257 e. The van der Waals surface area contributed by atoms with Crippen LogP contribution in [0.1, 0.15) is 21.5 Å². The predicted octanol–water partition coefficient (Wildman–Crippen LogP) is 3.12. The van der Waals surface area contributed by atoms with Gasteiger partial charge in [-0.05, 0) is 37.6 Å². The maximum absolute atomic E-state index is 13.9. The largest absolute Gasteiger partial charge is 0.323 e. The number of nitrogens with one attached hydrogen (secondary N) is 2. The Hall–Kier alpha value is -2.47. The van der Waals surface area contributed by atoms with Gasteiger partial charge in [0.1, 0.15) is 11.5 Å². The summed E-state index contributed by atoms with van der Waals surface area (Å²) < 4.78 is 27.6. The molecule has 0 unspecified atom stereocenters. The molecule has 1 amide bonds. The number of halogens is 2. The summed E-state index contributed by atoms with van der Waals surface area (Å²) in [6.45, 7) is 3.29. The Kier molecular flexibility index (Phi) is 4.18. The Balaban J connectivity index is 2.39. The van der Waals surface area contributed by atoms with Crippen molar-refractivity contribution in [2.45, 2.75) is 13.8 Å². The molecule has 2 aromatic carbocycles. The van der Waals surface area contributed by atoms with Gasteiger partial charge in [-0.2, -0.15) is 0 Å². The summed E-state index contributed by atoms with van der Waals surface area (Å²) in [6.07, 6.45) is 0. The lowest BCUT2D eigenvalue weighted by molar-refractivity contribution is 0.102. The van der Waals surface area contributed by atoms with Crippen molar-refractivity contribution in [3.63, 3.8) is 0 Å². The third-order valence-electron chi connectivity index (χ3n) is 3.10. The molecule has 0 aliphatic rings. The van der Waals surface area contributed by atoms with E-state index in [-0.39, 0.29) is 11.1 Å². The number of nitrogen functional groups attached to an aromatic ring is 1. The number of rotatable bonds is 3. The molecule has 0 heterocycles. The molecule has 110 valence electrons. The van der Waals surface area contributed by atoms with E-state index in [0.29, 0.717) is 5.69 Å². The highest BCUT2D eigenvalue weighted by Gasteiger charge is 2.17. The predicted molar refractivity (Wildman–Crippen MR) is 78.0 cm³/mol. The lowest BCUT2D eigenvalue weighted by atomic mass is 10.1. The van der Waals surface area contributed by atoms with Gasteiger partial charge in [0.25, 0.3) is 5.91 Å². The average molecular weight is 291 g/mol. The van der Waals surface area contributed by atoms with Crippen LogP contribution < -0.4 is 16.6 Å². The minimum atomic E-state index is -0.832. The van der Waals surface area contributed by atoms with Crippen LogP contribution in [0.25, 0.3) is 0 Å². The summed E-state index contributed by atoms with van der Waals surface area (Å²) in [4.78, 5) is 12.2. The molecule has 0 atom stereocenters. The van der Waals surface area contributed by atoms with Crippen LogP contribution in [0.15, 0.2) is 30.3 Å². The number of hydrazine groups is 1. The van der Waals surface area contributed by atoms with Crippen molar-refractivity contribution in [1.82, 2.24) is 0 Å². The van der Waals surface area contributed by atoms with E-state index >= 15 is 0 Å². The molecule has 0 spiro atoms. The monoisotopic (exact) mass is 291 g/mol. The van der Waals surface area contributed by atoms with Crippen LogP contribution in [-0.2, 0) is 0 Å². The first-order valence-corrected chi connectivity index (χ1v) is 6.27. The van der Waals surface area contributed by atoms with E-state index in [1.165, 1.54) is 13.0 Å². The summed E-state index contributed by atoms with van der Waals surface area (Å²) in [7, 11) is 0. The molecule has 21 heavy (non-hydrogen) atoms. The first-order valence-electron chi connectivity index (χ1n) is 6.27. The van der Waals surface area contributed by atoms with Gasteiger partial charge in [-0.3, -0.25) is 10.6 Å². The van der Waals surface area contributed by atoms with E-state index in [9.17, 15) is 13.6 Å². The highest BCUT2D eigenvalue weighted by Crippen LogP contribution is 2.24. The van der Waals surface area contributed by atoms with Gasteiger partial charge in [0.2, 0.25) is 0 Å². The van der Waals surface area contributed by atoms with Crippen molar-refractivity contribution in [1.29, 1.82) is 0 Å². The van der Waals surface area contributed by atoms with E-state index < -0.39 is 23.2 Å². The highest BCUT2D eigenvalue weighted by molar-refractivity contribution is 6.08. The minimum absolute atomic E-state index is 0.206. The van der Waals surface area contributed by atoms with Crippen LogP contribution in [-0.4, -0.2) is 5.91 Å². The first kappa shape index (κ1) is 14.9. The number of benzene rings is 2. The summed E-state index contributed by atoms with van der Waals surface area (Å²) in [6, 6.07) is 7.37. The number of hydrogen-bond donors (Lipinski definition) is 3. The molecule has 4 N–H and O–H groups in total. The molecule has 0 aliphatic heterocycles. The van der Waals surface area contributed by atoms with E-state index in [2.05, 4.69) is 10.7 Å². The molecule has 0 aliphatic carbocycles. The van der Waals surface area contributed by atoms with Gasteiger partial charge in [-0.25, -0.2) is 8.78 Å². The fraction of sp³-hybridized carbons (Fsp3) is 0.133. The van der Waals surface area contributed by atoms with Crippen LogP contribution in [0, 0.1) is 25.5 Å². The Bertz CT molecular complexity index is 702. The molecule has 0 radical (unpaired) electrons. The Morgan fingerprint density at radius 1 is 1.14 bits per heavy atom. The number of nitrogens with two attached hydrogens (primary N) is 1. The van der Waals surface area contributed by atoms with E-state index in [4.69, 9.17) is 5.84 Å². The Morgan fingerprint density at radius 3 is 2.52 bits per heavy atom. The molecular weight excluding hydrogens is 276 g/mol. The van der Waals surface area contributed by atoms with Crippen LogP contribution >= 0.6 is 0 Å². The third-order valence-corrected chi connectivity index (χ3v) is 3.10. The second kappa shape index (κ2) is 5.88. The fourth-order valence-electron chi connectivity index (χ4n) is 1.92. The van der Waals surface area contributed by atoms with E-state index in [1.54, 1.807) is 25.1 Å². The lowest BCUT2D eigenvalue weighted by Crippen LogP contribution is -2.19. The zero-order valence-electron chi connectivity index (χ0n) is 11.6. The van der Waals surface area contributed by atoms with Crippen molar-refractivity contribution in [3.05, 3.63) is 58.7 Å². The molecule has 0 fully saturated rings. The standard InChI is InChI=1S/C15H15F2N3O/c1-8-3-6-12(20-18)10(7-8)15(21)19-14-11(16)5-4-9(2)13(14)17/h3-7,20H,18H2,1-2H3,(H,19,21). The summed E-state index contributed by atoms with van der Waals surface area (Å²) >= 11 is 0. The zero-order chi connectivity index (χ0) is 15.6. The quantitative estimate of drug-likeness (QED) is 0.601. The van der Waals surface area contributed by atoms with E-state index in [0.717, 1.165) is 11.6 Å². The maximum Gasteiger partial charge on any atom is 0.257 e. The van der Waals surface area contributed by atoms with Gasteiger partial charge in [-0.15, -0.1) is 0 Å². The molecule has 4 nitrogen and oxygen atoms in total. The molecule has 2 aromatic rings. The third kappa shape index (κ3) is 3.00. The Labute approximate surface area is 120 Å². The Morgan fingerprint density at radius 2 is 1.86 bits per heavy atom. The molecule has 0 bridgehead atoms. The molecule has 0 saturated carbocycles. The van der Waals surface area contributed by atoms with Gasteiger partial charge in [-0.1, -0.05) is 17.7 Å². The van der Waals surface area contributed by atoms with Gasteiger partial charge in [0.05, 0.1) is 11.3 Å². The number of carbonyl (C=O) groups excluding carboxylic acids is 1. The van der Waals surface area contributed by atoms with Crippen LogP contribution in [0.4, 0.5) is 20.2 Å². The van der Waals surface area contributed by atoms with Gasteiger partial charge < -0.3 is 10.7 Å². The molecule has 0 aromatic heterocycles. The van der Waals surface area contributed by atoms with Crippen molar-refractivity contribution in [3.8, 4) is 0 Å². The fourth-order valence-corrected chi connectivity index (χ4v) is 1.92. The van der Waals surface area contributed by atoms with Crippen LogP contribution in [0.3, 0.4) is 0 Å². The minimum Gasteiger partial charge on any atom is -0.323 e. The van der Waals surface area contributed by atoms with Gasteiger partial charge >= 0.3 is 0 Å². The first-order chi connectivity index (χ1) is 9.93. The number of aryl methyl sites for hydroxylation is 2. The van der Waals surface area contributed by atoms with Crippen molar-refractivity contribution in [2.75, 3.05) is 10.7 Å². The topological polar surface area (TPSA) is 67.1 Å². The number of anilines is 2. The maximum atomic E-state index is 13.9. The van der Waals surface area contributed by atoms with Gasteiger partial charge in [0, 0.05) is 0 Å². The second-order valence-corrected chi connectivity index (χ2v) is 4.70. The molecular formula is C15H15F2N3O. The van der Waals surface area contributed by atoms with Crippen molar-refractivity contribution in [2.24, 2.45) is 5.84 Å². The lowest BCUT2D eigenvalue weighted by Gasteiger charge is -2.12. The number of hydrogen-bond acceptors (Lipinski definition) is 3. The average Bonchev–Trinajstić information content (AvgIpc) is 2.47. The molecule has 6 heteroatoms. The van der Waals surface area contributed by atoms with Crippen LogP contribution in [0.5, 0.6) is 0 Å². The van der Waals surface area contributed by atoms with Crippen molar-refractivity contribution >= 4 is 17.3 Å². The zero-order valence-corrected chi connectivity index (χ0v) is 11.6. The normalized spacial score (nSPS) is 10.3. The summed E-state index contributed by atoms with van der Waals surface area (Å²) in [5, 5.41) is 2.25. The van der Waals surface area contributed by atoms with Crippen LogP contribution in [0.2, 0.25) is 0 Å². The number of carbonyl (C=O) groups is 1. The molecule has 0 saturated heterocycles. The summed E-state index contributed by atoms with van der Waals surface area (Å²) in [5.74, 6) is 3.07.